The zero-order valence-corrected chi connectivity index (χ0v) is 18.5. The zero-order chi connectivity index (χ0) is 21.7. The molecule has 1 aliphatic heterocycles. The first-order chi connectivity index (χ1) is 14.4. The van der Waals surface area contributed by atoms with Gasteiger partial charge >= 0.3 is 5.97 Å². The molecule has 1 heterocycles. The summed E-state index contributed by atoms with van der Waals surface area (Å²) in [6, 6.07) is 12.9. The van der Waals surface area contributed by atoms with Crippen LogP contribution < -0.4 is 14.4 Å². The Morgan fingerprint density at radius 1 is 1.20 bits per heavy atom. The van der Waals surface area contributed by atoms with E-state index in [1.54, 1.807) is 31.2 Å². The largest absolute Gasteiger partial charge is 0.493 e. The van der Waals surface area contributed by atoms with E-state index in [0.29, 0.717) is 20.7 Å². The van der Waals surface area contributed by atoms with E-state index in [9.17, 15) is 9.59 Å². The van der Waals surface area contributed by atoms with Crippen molar-refractivity contribution in [3.8, 4) is 11.5 Å². The lowest BCUT2D eigenvalue weighted by Crippen LogP contribution is -2.27. The van der Waals surface area contributed by atoms with E-state index in [-0.39, 0.29) is 19.1 Å². The Morgan fingerprint density at radius 2 is 2.00 bits per heavy atom. The number of carbonyl (C=O) groups is 2. The maximum Gasteiger partial charge on any atom is 0.344 e. The van der Waals surface area contributed by atoms with Crippen LogP contribution in [0.4, 0.5) is 5.69 Å². The van der Waals surface area contributed by atoms with Crippen molar-refractivity contribution in [2.75, 3.05) is 25.2 Å². The highest BCUT2D eigenvalue weighted by atomic mass is 32.2. The van der Waals surface area contributed by atoms with E-state index >= 15 is 0 Å². The number of hydrogen-bond acceptors (Lipinski definition) is 7. The van der Waals surface area contributed by atoms with Gasteiger partial charge < -0.3 is 14.2 Å². The number of ether oxygens (including phenoxy) is 3. The molecule has 0 unspecified atom stereocenters. The third kappa shape index (κ3) is 5.01. The lowest BCUT2D eigenvalue weighted by atomic mass is 10.1. The molecule has 0 radical (unpaired) electrons. The molecule has 0 atom stereocenters. The summed E-state index contributed by atoms with van der Waals surface area (Å²) in [5.74, 6) is 0.210. The number of esters is 1. The normalized spacial score (nSPS) is 14.9. The number of hydrogen-bond donors (Lipinski definition) is 0. The first-order valence-electron chi connectivity index (χ1n) is 9.24. The van der Waals surface area contributed by atoms with E-state index in [1.165, 1.54) is 23.8 Å². The van der Waals surface area contributed by atoms with Gasteiger partial charge in [0.15, 0.2) is 22.4 Å². The predicted molar refractivity (Wildman–Crippen MR) is 122 cm³/mol. The van der Waals surface area contributed by atoms with Crippen LogP contribution in [-0.4, -0.2) is 36.5 Å². The number of anilines is 1. The Kier molecular flexibility index (Phi) is 7.12. The first-order valence-corrected chi connectivity index (χ1v) is 10.5. The van der Waals surface area contributed by atoms with Crippen molar-refractivity contribution in [2.24, 2.45) is 0 Å². The Labute approximate surface area is 184 Å². The number of thiocarbonyl (C=S) groups is 1. The number of nitrogens with zero attached hydrogens (tertiary/aromatic N) is 1. The van der Waals surface area contributed by atoms with Crippen LogP contribution in [-0.2, 0) is 14.3 Å². The minimum atomic E-state index is -0.469. The SMILES string of the molecule is CCOC(=O)COc1cc(/C=C2/SC(=S)N(c3cccc(C)c3)C2=O)ccc1OC. The van der Waals surface area contributed by atoms with Gasteiger partial charge in [-0.2, -0.15) is 0 Å². The molecule has 2 aromatic rings. The molecule has 0 saturated carbocycles. The monoisotopic (exact) mass is 443 g/mol. The van der Waals surface area contributed by atoms with Crippen molar-refractivity contribution in [3.63, 3.8) is 0 Å². The molecule has 1 fully saturated rings. The van der Waals surface area contributed by atoms with Gasteiger partial charge in [0.1, 0.15) is 0 Å². The first kappa shape index (κ1) is 21.9. The molecular formula is C22H21NO5S2. The third-order valence-corrected chi connectivity index (χ3v) is 5.49. The van der Waals surface area contributed by atoms with Crippen LogP contribution in [0.1, 0.15) is 18.1 Å². The molecule has 6 nitrogen and oxygen atoms in total. The fourth-order valence-electron chi connectivity index (χ4n) is 2.84. The standard InChI is InChI=1S/C22H21NO5S2/c1-4-27-20(24)13-28-18-11-15(8-9-17(18)26-3)12-19-21(25)23(22(29)30-19)16-7-5-6-14(2)10-16/h5-12H,4,13H2,1-3H3/b19-12+. The quantitative estimate of drug-likeness (QED) is 0.358. The molecule has 1 amide bonds. The summed E-state index contributed by atoms with van der Waals surface area (Å²) in [5.41, 5.74) is 2.51. The molecule has 0 bridgehead atoms. The molecule has 1 aliphatic rings. The van der Waals surface area contributed by atoms with Crippen molar-refractivity contribution in [1.29, 1.82) is 0 Å². The predicted octanol–water partition coefficient (Wildman–Crippen LogP) is 4.35. The Morgan fingerprint density at radius 3 is 2.70 bits per heavy atom. The van der Waals surface area contributed by atoms with Gasteiger partial charge in [-0.05, 0) is 55.3 Å². The molecule has 156 valence electrons. The molecule has 8 heteroatoms. The molecule has 0 aliphatic carbocycles. The van der Waals surface area contributed by atoms with Gasteiger partial charge in [0.05, 0.1) is 24.3 Å². The van der Waals surface area contributed by atoms with E-state index < -0.39 is 5.97 Å². The van der Waals surface area contributed by atoms with Crippen LogP contribution in [0.5, 0.6) is 11.5 Å². The van der Waals surface area contributed by atoms with Gasteiger partial charge in [-0.3, -0.25) is 9.69 Å². The highest BCUT2D eigenvalue weighted by Gasteiger charge is 2.33. The molecule has 3 rings (SSSR count). The lowest BCUT2D eigenvalue weighted by molar-refractivity contribution is -0.145. The van der Waals surface area contributed by atoms with Crippen molar-refractivity contribution in [1.82, 2.24) is 0 Å². The minimum absolute atomic E-state index is 0.180. The second kappa shape index (κ2) is 9.77. The Bertz CT molecular complexity index is 1020. The second-order valence-corrected chi connectivity index (χ2v) is 8.04. The maximum atomic E-state index is 13.0. The summed E-state index contributed by atoms with van der Waals surface area (Å²) in [6.45, 7) is 3.74. The average molecular weight is 444 g/mol. The smallest absolute Gasteiger partial charge is 0.344 e. The van der Waals surface area contributed by atoms with E-state index in [0.717, 1.165) is 16.8 Å². The van der Waals surface area contributed by atoms with E-state index in [4.69, 9.17) is 26.4 Å². The van der Waals surface area contributed by atoms with E-state index in [2.05, 4.69) is 0 Å². The summed E-state index contributed by atoms with van der Waals surface area (Å²) < 4.78 is 16.2. The lowest BCUT2D eigenvalue weighted by Gasteiger charge is -2.14. The highest BCUT2D eigenvalue weighted by Crippen LogP contribution is 2.37. The summed E-state index contributed by atoms with van der Waals surface area (Å²) in [4.78, 5) is 26.6. The fraction of sp³-hybridized carbons (Fsp3) is 0.227. The molecule has 0 aromatic heterocycles. The number of aryl methyl sites for hydroxylation is 1. The second-order valence-electron chi connectivity index (χ2n) is 6.36. The van der Waals surface area contributed by atoms with Crippen LogP contribution >= 0.6 is 24.0 Å². The Balaban J connectivity index is 1.84. The Hall–Kier alpha value is -2.84. The number of methoxy groups -OCH3 is 1. The summed E-state index contributed by atoms with van der Waals surface area (Å²) in [5, 5.41) is 0. The molecule has 0 N–H and O–H groups in total. The number of carbonyl (C=O) groups excluding carboxylic acids is 2. The van der Waals surface area contributed by atoms with Crippen molar-refractivity contribution in [3.05, 3.63) is 58.5 Å². The average Bonchev–Trinajstić information content (AvgIpc) is 2.99. The fourth-order valence-corrected chi connectivity index (χ4v) is 4.14. The van der Waals surface area contributed by atoms with Crippen molar-refractivity contribution >= 4 is 51.9 Å². The zero-order valence-electron chi connectivity index (χ0n) is 16.8. The van der Waals surface area contributed by atoms with Crippen LogP contribution in [0.25, 0.3) is 6.08 Å². The highest BCUT2D eigenvalue weighted by molar-refractivity contribution is 8.27. The van der Waals surface area contributed by atoms with Gasteiger partial charge in [0.2, 0.25) is 0 Å². The van der Waals surface area contributed by atoms with Gasteiger partial charge in [-0.15, -0.1) is 0 Å². The summed E-state index contributed by atoms with van der Waals surface area (Å²) in [7, 11) is 1.51. The minimum Gasteiger partial charge on any atom is -0.493 e. The van der Waals surface area contributed by atoms with Crippen LogP contribution in [0.3, 0.4) is 0 Å². The number of benzene rings is 2. The molecule has 1 saturated heterocycles. The molecule has 2 aromatic carbocycles. The summed E-state index contributed by atoms with van der Waals surface area (Å²) >= 11 is 6.67. The number of thioether (sulfide) groups is 1. The molecule has 0 spiro atoms. The van der Waals surface area contributed by atoms with Crippen LogP contribution in [0, 0.1) is 6.92 Å². The van der Waals surface area contributed by atoms with Crippen molar-refractivity contribution < 1.29 is 23.8 Å². The topological polar surface area (TPSA) is 65.1 Å². The third-order valence-electron chi connectivity index (χ3n) is 4.19. The van der Waals surface area contributed by atoms with Gasteiger partial charge in [-0.1, -0.05) is 42.2 Å². The maximum absolute atomic E-state index is 13.0. The van der Waals surface area contributed by atoms with Gasteiger partial charge in [-0.25, -0.2) is 4.79 Å². The molecular weight excluding hydrogens is 422 g/mol. The van der Waals surface area contributed by atoms with Crippen LogP contribution in [0.2, 0.25) is 0 Å². The van der Waals surface area contributed by atoms with Crippen LogP contribution in [0.15, 0.2) is 47.4 Å². The summed E-state index contributed by atoms with van der Waals surface area (Å²) in [6.07, 6.45) is 1.74. The van der Waals surface area contributed by atoms with E-state index in [1.807, 2.05) is 31.2 Å². The van der Waals surface area contributed by atoms with Crippen molar-refractivity contribution in [2.45, 2.75) is 13.8 Å². The van der Waals surface area contributed by atoms with Gasteiger partial charge in [0, 0.05) is 0 Å². The molecule has 30 heavy (non-hydrogen) atoms. The number of rotatable bonds is 7. The number of amides is 1. The van der Waals surface area contributed by atoms with Gasteiger partial charge in [0.25, 0.3) is 5.91 Å².